The molecule has 2 nitrogen and oxygen atoms in total. The van der Waals surface area contributed by atoms with Crippen molar-refractivity contribution in [3.8, 4) is 5.75 Å². The molecule has 94 valence electrons. The van der Waals surface area contributed by atoms with Crippen molar-refractivity contribution in [3.63, 3.8) is 0 Å². The number of aromatic nitrogens is 1. The zero-order valence-electron chi connectivity index (χ0n) is 10.5. The van der Waals surface area contributed by atoms with Crippen molar-refractivity contribution in [3.05, 3.63) is 78.5 Å². The van der Waals surface area contributed by atoms with Crippen LogP contribution in [0.25, 0.3) is 10.9 Å². The Labute approximate surface area is 112 Å². The van der Waals surface area contributed by atoms with Crippen molar-refractivity contribution >= 4 is 10.9 Å². The van der Waals surface area contributed by atoms with Crippen molar-refractivity contribution < 1.29 is 5.11 Å². The molecule has 0 spiro atoms. The number of benzene rings is 2. The predicted octanol–water partition coefficient (Wildman–Crippen LogP) is 4.19. The fourth-order valence-electron chi connectivity index (χ4n) is 2.49. The SMILES string of the molecule is C=C[C@@H](c1ccccc1)c1c[nH]c2ccc(O)cc12. The number of rotatable bonds is 3. The molecule has 2 N–H and O–H groups in total. The lowest BCUT2D eigenvalue weighted by atomic mass is 9.91. The summed E-state index contributed by atoms with van der Waals surface area (Å²) in [5.74, 6) is 0.404. The monoisotopic (exact) mass is 249 g/mol. The zero-order chi connectivity index (χ0) is 13.2. The lowest BCUT2D eigenvalue weighted by molar-refractivity contribution is 0.476. The number of phenolic OH excluding ortho intramolecular Hbond substituents is 1. The molecule has 0 saturated heterocycles. The molecule has 0 bridgehead atoms. The Kier molecular flexibility index (Phi) is 2.84. The van der Waals surface area contributed by atoms with E-state index in [0.29, 0.717) is 0 Å². The van der Waals surface area contributed by atoms with Crippen LogP contribution in [-0.2, 0) is 0 Å². The number of allylic oxidation sites excluding steroid dienone is 1. The first kappa shape index (κ1) is 11.6. The Morgan fingerprint density at radius 3 is 2.63 bits per heavy atom. The van der Waals surface area contributed by atoms with Crippen LogP contribution >= 0.6 is 0 Å². The highest BCUT2D eigenvalue weighted by Crippen LogP contribution is 2.33. The van der Waals surface area contributed by atoms with Gasteiger partial charge in [-0.3, -0.25) is 0 Å². The number of hydrogen-bond donors (Lipinski definition) is 2. The average molecular weight is 249 g/mol. The smallest absolute Gasteiger partial charge is 0.116 e. The van der Waals surface area contributed by atoms with E-state index in [1.807, 2.05) is 36.5 Å². The summed E-state index contributed by atoms with van der Waals surface area (Å²) in [5.41, 5.74) is 3.35. The minimum Gasteiger partial charge on any atom is -0.508 e. The lowest BCUT2D eigenvalue weighted by Crippen LogP contribution is -1.95. The minimum atomic E-state index is 0.122. The highest BCUT2D eigenvalue weighted by molar-refractivity contribution is 5.85. The Hall–Kier alpha value is -2.48. The summed E-state index contributed by atoms with van der Waals surface area (Å²) in [6.07, 6.45) is 3.92. The number of nitrogens with one attached hydrogen (secondary N) is 1. The number of aromatic hydroxyl groups is 1. The number of fused-ring (bicyclic) bond motifs is 1. The maximum atomic E-state index is 9.66. The Balaban J connectivity index is 2.17. The van der Waals surface area contributed by atoms with Crippen molar-refractivity contribution in [1.29, 1.82) is 0 Å². The van der Waals surface area contributed by atoms with Crippen LogP contribution in [0.3, 0.4) is 0 Å². The fourth-order valence-corrected chi connectivity index (χ4v) is 2.49. The van der Waals surface area contributed by atoms with E-state index < -0.39 is 0 Å². The van der Waals surface area contributed by atoms with Gasteiger partial charge in [-0.2, -0.15) is 0 Å². The molecular formula is C17H15NO. The predicted molar refractivity (Wildman–Crippen MR) is 78.4 cm³/mol. The number of hydrogen-bond acceptors (Lipinski definition) is 1. The first-order valence-electron chi connectivity index (χ1n) is 6.27. The molecule has 2 aromatic carbocycles. The summed E-state index contributed by atoms with van der Waals surface area (Å²) in [6, 6.07) is 15.6. The van der Waals surface area contributed by atoms with E-state index in [1.165, 1.54) is 5.56 Å². The van der Waals surface area contributed by atoms with Gasteiger partial charge in [0.2, 0.25) is 0 Å². The molecular weight excluding hydrogens is 234 g/mol. The molecule has 0 amide bonds. The molecule has 1 atom stereocenters. The third kappa shape index (κ3) is 2.02. The van der Waals surface area contributed by atoms with Crippen LogP contribution in [0, 0.1) is 0 Å². The normalized spacial score (nSPS) is 12.4. The van der Waals surface area contributed by atoms with E-state index in [1.54, 1.807) is 12.1 Å². The van der Waals surface area contributed by atoms with Crippen molar-refractivity contribution in [2.45, 2.75) is 5.92 Å². The van der Waals surface area contributed by atoms with Gasteiger partial charge in [0, 0.05) is 23.0 Å². The first-order chi connectivity index (χ1) is 9.29. The lowest BCUT2D eigenvalue weighted by Gasteiger charge is -2.12. The van der Waals surface area contributed by atoms with Crippen molar-refractivity contribution in [2.24, 2.45) is 0 Å². The molecule has 2 heteroatoms. The molecule has 3 aromatic rings. The van der Waals surface area contributed by atoms with E-state index in [-0.39, 0.29) is 11.7 Å². The standard InChI is InChI=1S/C17H15NO/c1-2-14(12-6-4-3-5-7-12)16-11-18-17-9-8-13(19)10-15(16)17/h2-11,14,18-19H,1H2/t14-/m0/s1. The fraction of sp³-hybridized carbons (Fsp3) is 0.0588. The summed E-state index contributed by atoms with van der Waals surface area (Å²) in [5, 5.41) is 10.7. The first-order valence-corrected chi connectivity index (χ1v) is 6.27. The number of phenols is 1. The molecule has 0 aliphatic heterocycles. The quantitative estimate of drug-likeness (QED) is 0.671. The number of H-pyrrole nitrogens is 1. The molecule has 19 heavy (non-hydrogen) atoms. The Morgan fingerprint density at radius 1 is 1.11 bits per heavy atom. The summed E-state index contributed by atoms with van der Waals surface area (Å²) < 4.78 is 0. The summed E-state index contributed by atoms with van der Waals surface area (Å²) in [7, 11) is 0. The van der Waals surface area contributed by atoms with Gasteiger partial charge < -0.3 is 10.1 Å². The Bertz CT molecular complexity index is 712. The summed E-state index contributed by atoms with van der Waals surface area (Å²) in [6.45, 7) is 3.95. The van der Waals surface area contributed by atoms with Gasteiger partial charge in [0.15, 0.2) is 0 Å². The third-order valence-electron chi connectivity index (χ3n) is 3.43. The second kappa shape index (κ2) is 4.65. The highest BCUT2D eigenvalue weighted by atomic mass is 16.3. The average Bonchev–Trinajstić information content (AvgIpc) is 2.84. The third-order valence-corrected chi connectivity index (χ3v) is 3.43. The van der Waals surface area contributed by atoms with Gasteiger partial charge in [-0.25, -0.2) is 0 Å². The van der Waals surface area contributed by atoms with Gasteiger partial charge in [-0.05, 0) is 29.3 Å². The maximum absolute atomic E-state index is 9.66. The minimum absolute atomic E-state index is 0.122. The van der Waals surface area contributed by atoms with Gasteiger partial charge in [0.1, 0.15) is 5.75 Å². The van der Waals surface area contributed by atoms with Gasteiger partial charge in [0.05, 0.1) is 0 Å². The van der Waals surface area contributed by atoms with Crippen LogP contribution < -0.4 is 0 Å². The molecule has 1 heterocycles. The summed E-state index contributed by atoms with van der Waals surface area (Å²) >= 11 is 0. The highest BCUT2D eigenvalue weighted by Gasteiger charge is 2.14. The molecule has 0 fully saturated rings. The van der Waals surface area contributed by atoms with Gasteiger partial charge in [-0.15, -0.1) is 6.58 Å². The molecule has 0 radical (unpaired) electrons. The molecule has 0 saturated carbocycles. The van der Waals surface area contributed by atoms with Crippen molar-refractivity contribution in [1.82, 2.24) is 4.98 Å². The molecule has 3 rings (SSSR count). The van der Waals surface area contributed by atoms with Crippen molar-refractivity contribution in [2.75, 3.05) is 0 Å². The van der Waals surface area contributed by atoms with E-state index in [0.717, 1.165) is 16.5 Å². The zero-order valence-corrected chi connectivity index (χ0v) is 10.5. The van der Waals surface area contributed by atoms with Gasteiger partial charge in [-0.1, -0.05) is 36.4 Å². The topological polar surface area (TPSA) is 36.0 Å². The molecule has 0 unspecified atom stereocenters. The summed E-state index contributed by atoms with van der Waals surface area (Å²) in [4.78, 5) is 3.24. The van der Waals surface area contributed by atoms with Crippen LogP contribution in [0.1, 0.15) is 17.0 Å². The van der Waals surface area contributed by atoms with E-state index >= 15 is 0 Å². The van der Waals surface area contributed by atoms with E-state index in [4.69, 9.17) is 0 Å². The Morgan fingerprint density at radius 2 is 1.89 bits per heavy atom. The van der Waals surface area contributed by atoms with E-state index in [2.05, 4.69) is 23.7 Å². The second-order valence-electron chi connectivity index (χ2n) is 4.60. The van der Waals surface area contributed by atoms with E-state index in [9.17, 15) is 5.11 Å². The van der Waals surface area contributed by atoms with Gasteiger partial charge >= 0.3 is 0 Å². The largest absolute Gasteiger partial charge is 0.508 e. The molecule has 1 aromatic heterocycles. The van der Waals surface area contributed by atoms with Gasteiger partial charge in [0.25, 0.3) is 0 Å². The van der Waals surface area contributed by atoms with Crippen LogP contribution in [0.4, 0.5) is 0 Å². The van der Waals surface area contributed by atoms with Crippen LogP contribution in [-0.4, -0.2) is 10.1 Å². The van der Waals surface area contributed by atoms with Crippen LogP contribution in [0.15, 0.2) is 67.4 Å². The second-order valence-corrected chi connectivity index (χ2v) is 4.60. The van der Waals surface area contributed by atoms with Crippen LogP contribution in [0.5, 0.6) is 5.75 Å². The number of aromatic amines is 1. The van der Waals surface area contributed by atoms with Crippen LogP contribution in [0.2, 0.25) is 0 Å². The molecule has 0 aliphatic carbocycles. The maximum Gasteiger partial charge on any atom is 0.116 e. The molecule has 0 aliphatic rings.